The standard InChI is InChI=1S/C34H48Cl3N5O5/c1-24-18-25(47-40-24)21-41(29-20-28(35)38-22-39-29)33(43)42(32-30(36)26(44-5)19-27(45-6)31(32)37)23-46-17-15-13-11-9-7-8-10-12-14-16-34(2,3)4/h18-20,22H,7-17,21,23H2,1-6H3. The molecule has 0 aliphatic rings. The van der Waals surface area contributed by atoms with Crippen LogP contribution in [-0.2, 0) is 11.3 Å². The lowest BCUT2D eigenvalue weighted by Gasteiger charge is -2.31. The Bertz CT molecular complexity index is 1390. The summed E-state index contributed by atoms with van der Waals surface area (Å²) in [4.78, 5) is 25.4. The van der Waals surface area contributed by atoms with Gasteiger partial charge in [-0.25, -0.2) is 14.8 Å². The molecule has 1 aromatic carbocycles. The predicted octanol–water partition coefficient (Wildman–Crippen LogP) is 10.3. The minimum Gasteiger partial charge on any atom is -0.495 e. The quantitative estimate of drug-likeness (QED) is 0.0687. The van der Waals surface area contributed by atoms with Gasteiger partial charge in [-0.15, -0.1) is 0 Å². The summed E-state index contributed by atoms with van der Waals surface area (Å²) in [5, 5.41) is 4.34. The fraction of sp³-hybridized carbons (Fsp3) is 0.588. The molecule has 0 fully saturated rings. The number of methoxy groups -OCH3 is 2. The first-order chi connectivity index (χ1) is 22.4. The molecule has 2 aromatic heterocycles. The molecule has 0 saturated heterocycles. The Labute approximate surface area is 294 Å². The van der Waals surface area contributed by atoms with Gasteiger partial charge in [-0.2, -0.15) is 0 Å². The van der Waals surface area contributed by atoms with E-state index in [0.717, 1.165) is 19.3 Å². The van der Waals surface area contributed by atoms with Crippen LogP contribution in [0.3, 0.4) is 0 Å². The molecule has 0 aliphatic heterocycles. The summed E-state index contributed by atoms with van der Waals surface area (Å²) < 4.78 is 22.5. The fourth-order valence-electron chi connectivity index (χ4n) is 5.09. The molecule has 0 unspecified atom stereocenters. The first-order valence-electron chi connectivity index (χ1n) is 16.1. The summed E-state index contributed by atoms with van der Waals surface area (Å²) in [6.45, 7) is 8.96. The number of carbonyl (C=O) groups excluding carboxylic acids is 1. The van der Waals surface area contributed by atoms with Gasteiger partial charge in [-0.3, -0.25) is 9.80 Å². The highest BCUT2D eigenvalue weighted by molar-refractivity contribution is 6.42. The van der Waals surface area contributed by atoms with Crippen LogP contribution in [0.15, 0.2) is 29.0 Å². The van der Waals surface area contributed by atoms with Crippen LogP contribution >= 0.6 is 34.8 Å². The van der Waals surface area contributed by atoms with Gasteiger partial charge in [0.15, 0.2) is 5.76 Å². The molecule has 13 heteroatoms. The van der Waals surface area contributed by atoms with Gasteiger partial charge in [-0.05, 0) is 25.2 Å². The number of urea groups is 1. The number of anilines is 2. The van der Waals surface area contributed by atoms with Gasteiger partial charge in [0.1, 0.15) is 45.6 Å². The molecule has 0 saturated carbocycles. The van der Waals surface area contributed by atoms with E-state index in [0.29, 0.717) is 23.5 Å². The van der Waals surface area contributed by atoms with Crippen molar-refractivity contribution in [2.24, 2.45) is 5.41 Å². The minimum atomic E-state index is -0.560. The molecule has 2 heterocycles. The van der Waals surface area contributed by atoms with E-state index < -0.39 is 6.03 Å². The zero-order valence-corrected chi connectivity index (χ0v) is 30.7. The Morgan fingerprint density at radius 3 is 1.96 bits per heavy atom. The van der Waals surface area contributed by atoms with E-state index in [9.17, 15) is 4.79 Å². The van der Waals surface area contributed by atoms with Crippen molar-refractivity contribution < 1.29 is 23.5 Å². The summed E-state index contributed by atoms with van der Waals surface area (Å²) in [5.74, 6) is 1.21. The number of rotatable bonds is 19. The Morgan fingerprint density at radius 1 is 0.830 bits per heavy atom. The summed E-state index contributed by atoms with van der Waals surface area (Å²) in [5.41, 5.74) is 1.25. The van der Waals surface area contributed by atoms with Gasteiger partial charge in [-0.1, -0.05) is 112 Å². The lowest BCUT2D eigenvalue weighted by Crippen LogP contribution is -2.45. The van der Waals surface area contributed by atoms with Crippen LogP contribution in [0.5, 0.6) is 11.5 Å². The molecule has 47 heavy (non-hydrogen) atoms. The molecular formula is C34H48Cl3N5O5. The van der Waals surface area contributed by atoms with E-state index in [1.807, 2.05) is 0 Å². The Morgan fingerprint density at radius 2 is 1.43 bits per heavy atom. The van der Waals surface area contributed by atoms with Crippen molar-refractivity contribution in [3.05, 3.63) is 51.2 Å². The SMILES string of the molecule is COc1cc(OC)c(Cl)c(N(COCCCCCCCCCCCC(C)(C)C)C(=O)N(Cc2cc(C)no2)c2cc(Cl)ncn2)c1Cl. The van der Waals surface area contributed by atoms with Crippen LogP contribution in [0.25, 0.3) is 0 Å². The van der Waals surface area contributed by atoms with E-state index in [-0.39, 0.29) is 51.5 Å². The van der Waals surface area contributed by atoms with Gasteiger partial charge in [0.25, 0.3) is 0 Å². The summed E-state index contributed by atoms with van der Waals surface area (Å²) in [6, 6.07) is 4.20. The number of hydrogen-bond acceptors (Lipinski definition) is 8. The zero-order valence-electron chi connectivity index (χ0n) is 28.4. The smallest absolute Gasteiger partial charge is 0.332 e. The molecule has 0 atom stereocenters. The monoisotopic (exact) mass is 711 g/mol. The average molecular weight is 713 g/mol. The number of aryl methyl sites for hydroxylation is 1. The fourth-order valence-corrected chi connectivity index (χ4v) is 5.93. The topological polar surface area (TPSA) is 103 Å². The number of benzene rings is 1. The second-order valence-corrected chi connectivity index (χ2v) is 13.9. The lowest BCUT2D eigenvalue weighted by molar-refractivity contribution is 0.132. The molecule has 3 aromatic rings. The molecule has 3 rings (SSSR count). The minimum absolute atomic E-state index is 0.0174. The molecular weight excluding hydrogens is 665 g/mol. The van der Waals surface area contributed by atoms with Crippen LogP contribution in [0.4, 0.5) is 16.3 Å². The average Bonchev–Trinajstić information content (AvgIpc) is 3.44. The number of hydrogen-bond donors (Lipinski definition) is 0. The van der Waals surface area contributed by atoms with Crippen LogP contribution < -0.4 is 19.3 Å². The highest BCUT2D eigenvalue weighted by atomic mass is 35.5. The molecule has 0 aliphatic carbocycles. The second-order valence-electron chi connectivity index (χ2n) is 12.7. The molecule has 10 nitrogen and oxygen atoms in total. The van der Waals surface area contributed by atoms with Crippen LogP contribution in [0.1, 0.15) is 96.4 Å². The van der Waals surface area contributed by atoms with Crippen molar-refractivity contribution in [3.63, 3.8) is 0 Å². The Hall–Kier alpha value is -2.79. The number of halogens is 3. The number of aromatic nitrogens is 3. The molecule has 0 radical (unpaired) electrons. The van der Waals surface area contributed by atoms with E-state index in [1.165, 1.54) is 81.4 Å². The molecule has 0 bridgehead atoms. The van der Waals surface area contributed by atoms with E-state index in [2.05, 4.69) is 35.9 Å². The largest absolute Gasteiger partial charge is 0.495 e. The number of nitrogens with zero attached hydrogens (tertiary/aromatic N) is 5. The van der Waals surface area contributed by atoms with Crippen LogP contribution in [-0.4, -0.2) is 48.7 Å². The molecule has 2 amide bonds. The maximum absolute atomic E-state index is 14.5. The Kier molecular flexibility index (Phi) is 15.8. The maximum atomic E-state index is 14.5. The van der Waals surface area contributed by atoms with Crippen LogP contribution in [0, 0.1) is 12.3 Å². The van der Waals surface area contributed by atoms with Crippen molar-refractivity contribution in [1.29, 1.82) is 0 Å². The van der Waals surface area contributed by atoms with Crippen molar-refractivity contribution in [2.45, 2.75) is 98.4 Å². The third kappa shape index (κ3) is 12.3. The maximum Gasteiger partial charge on any atom is 0.332 e. The number of amides is 2. The summed E-state index contributed by atoms with van der Waals surface area (Å²) >= 11 is 19.8. The first kappa shape index (κ1) is 38.7. The summed E-state index contributed by atoms with van der Waals surface area (Å²) in [6.07, 6.45) is 13.2. The zero-order chi connectivity index (χ0) is 34.4. The third-order valence-corrected chi connectivity index (χ3v) is 8.54. The number of ether oxygens (including phenoxy) is 3. The van der Waals surface area contributed by atoms with E-state index in [1.54, 1.807) is 19.1 Å². The number of carbonyl (C=O) groups is 1. The highest BCUT2D eigenvalue weighted by Crippen LogP contribution is 2.46. The van der Waals surface area contributed by atoms with Gasteiger partial charge in [0.05, 0.1) is 32.1 Å². The van der Waals surface area contributed by atoms with Gasteiger partial charge in [0, 0.05) is 24.8 Å². The van der Waals surface area contributed by atoms with E-state index >= 15 is 0 Å². The van der Waals surface area contributed by atoms with Crippen molar-refractivity contribution in [3.8, 4) is 11.5 Å². The molecule has 0 spiro atoms. The second kappa shape index (κ2) is 19.3. The predicted molar refractivity (Wildman–Crippen MR) is 188 cm³/mol. The van der Waals surface area contributed by atoms with Gasteiger partial charge < -0.3 is 18.7 Å². The highest BCUT2D eigenvalue weighted by Gasteiger charge is 2.32. The van der Waals surface area contributed by atoms with Crippen LogP contribution in [0.2, 0.25) is 15.2 Å². The van der Waals surface area contributed by atoms with Crippen molar-refractivity contribution in [2.75, 3.05) is 37.4 Å². The van der Waals surface area contributed by atoms with Gasteiger partial charge >= 0.3 is 6.03 Å². The lowest BCUT2D eigenvalue weighted by atomic mass is 9.89. The number of unbranched alkanes of at least 4 members (excludes halogenated alkanes) is 8. The molecule has 260 valence electrons. The Balaban J connectivity index is 1.71. The van der Waals surface area contributed by atoms with Gasteiger partial charge in [0.2, 0.25) is 0 Å². The van der Waals surface area contributed by atoms with Crippen molar-refractivity contribution >= 4 is 52.3 Å². The van der Waals surface area contributed by atoms with Crippen molar-refractivity contribution in [1.82, 2.24) is 15.1 Å². The first-order valence-corrected chi connectivity index (χ1v) is 17.2. The summed E-state index contributed by atoms with van der Waals surface area (Å²) in [7, 11) is 2.94. The normalized spacial score (nSPS) is 11.5. The third-order valence-electron chi connectivity index (χ3n) is 7.60. The molecule has 0 N–H and O–H groups in total. The van der Waals surface area contributed by atoms with E-state index in [4.69, 9.17) is 53.5 Å².